The largest absolute Gasteiger partial charge is 0.400 e. The van der Waals surface area contributed by atoms with Crippen LogP contribution in [0.1, 0.15) is 90.5 Å². The number of nitrogens with two attached hydrogens (primary N) is 2. The van der Waals surface area contributed by atoms with E-state index in [1.807, 2.05) is 81.2 Å². The predicted octanol–water partition coefficient (Wildman–Crippen LogP) is 9.52. The van der Waals surface area contributed by atoms with Gasteiger partial charge in [0.15, 0.2) is 5.76 Å². The van der Waals surface area contributed by atoms with Crippen molar-refractivity contribution in [3.63, 3.8) is 0 Å². The monoisotopic (exact) mass is 660 g/mol. The Bertz CT molecular complexity index is 1470. The van der Waals surface area contributed by atoms with Crippen LogP contribution in [0.25, 0.3) is 16.9 Å². The summed E-state index contributed by atoms with van der Waals surface area (Å²) in [5, 5.41) is 11.1. The van der Waals surface area contributed by atoms with E-state index in [-0.39, 0.29) is 0 Å². The van der Waals surface area contributed by atoms with Crippen LogP contribution in [0.5, 0.6) is 0 Å². The van der Waals surface area contributed by atoms with Gasteiger partial charge >= 0.3 is 0 Å². The van der Waals surface area contributed by atoms with E-state index in [1.165, 1.54) is 24.0 Å². The van der Waals surface area contributed by atoms with Crippen LogP contribution in [0.15, 0.2) is 92.7 Å². The zero-order valence-electron chi connectivity index (χ0n) is 29.7. The van der Waals surface area contributed by atoms with Crippen molar-refractivity contribution in [3.8, 4) is 11.3 Å². The Balaban J connectivity index is 0.000000312. The second kappa shape index (κ2) is 21.3. The molecule has 0 aliphatic carbocycles. The summed E-state index contributed by atoms with van der Waals surface area (Å²) in [5.41, 5.74) is 22.6. The first-order chi connectivity index (χ1) is 22.7. The molecule has 7 nitrogen and oxygen atoms in total. The van der Waals surface area contributed by atoms with E-state index < -0.39 is 0 Å². The number of hydrogen-bond acceptors (Lipinski definition) is 8. The highest BCUT2D eigenvalue weighted by molar-refractivity contribution is 7.98. The summed E-state index contributed by atoms with van der Waals surface area (Å²) in [6.45, 7) is 14.5. The van der Waals surface area contributed by atoms with Crippen molar-refractivity contribution >= 4 is 29.2 Å². The molecule has 8 heteroatoms. The molecule has 256 valence electrons. The molecule has 2 unspecified atom stereocenters. The minimum absolute atomic E-state index is 0.408. The van der Waals surface area contributed by atoms with Gasteiger partial charge in [-0.3, -0.25) is 4.99 Å². The number of aliphatic hydroxyl groups excluding tert-OH is 1. The van der Waals surface area contributed by atoms with Gasteiger partial charge < -0.3 is 25.8 Å². The van der Waals surface area contributed by atoms with Crippen LogP contribution in [0, 0.1) is 6.92 Å². The number of rotatable bonds is 12. The van der Waals surface area contributed by atoms with E-state index >= 15 is 0 Å². The normalized spacial score (nSPS) is 17.3. The number of benzene rings is 2. The van der Waals surface area contributed by atoms with Crippen LogP contribution in [0.4, 0.5) is 5.69 Å². The fourth-order valence-electron chi connectivity index (χ4n) is 5.19. The smallest absolute Gasteiger partial charge is 0.171 e. The first-order valence-electron chi connectivity index (χ1n) is 16.6. The molecule has 5 N–H and O–H groups in total. The van der Waals surface area contributed by atoms with Crippen molar-refractivity contribution in [2.24, 2.45) is 10.7 Å². The van der Waals surface area contributed by atoms with Crippen LogP contribution in [0.3, 0.4) is 0 Å². The zero-order valence-corrected chi connectivity index (χ0v) is 30.5. The molecule has 1 aliphatic heterocycles. The van der Waals surface area contributed by atoms with E-state index in [0.29, 0.717) is 12.2 Å². The Morgan fingerprint density at radius 2 is 1.74 bits per heavy atom. The van der Waals surface area contributed by atoms with Crippen molar-refractivity contribution < 1.29 is 14.4 Å². The van der Waals surface area contributed by atoms with E-state index in [1.54, 1.807) is 0 Å². The Hall–Kier alpha value is -3.59. The average Bonchev–Trinajstić information content (AvgIpc) is 3.68. The van der Waals surface area contributed by atoms with Crippen molar-refractivity contribution in [2.45, 2.75) is 98.5 Å². The molecular formula is C39H56N4O3S. The molecule has 1 aromatic heterocycles. The Morgan fingerprint density at radius 3 is 2.32 bits per heavy atom. The van der Waals surface area contributed by atoms with Crippen molar-refractivity contribution in [2.75, 3.05) is 18.6 Å². The van der Waals surface area contributed by atoms with Gasteiger partial charge in [-0.05, 0) is 89.1 Å². The average molecular weight is 661 g/mol. The highest BCUT2D eigenvalue weighted by Crippen LogP contribution is 2.33. The number of aryl methyl sites for hydroxylation is 1. The van der Waals surface area contributed by atoms with Gasteiger partial charge in [0.25, 0.3) is 0 Å². The first-order valence-corrected chi connectivity index (χ1v) is 17.7. The number of unbranched alkanes of at least 4 members (excludes halogenated alkanes) is 1. The maximum Gasteiger partial charge on any atom is 0.171 e. The molecule has 0 bridgehead atoms. The molecule has 0 saturated carbocycles. The standard InChI is InChI=1S/C21H31N3.C17H21NO2S.CH4O/c1-6-9-10-19(17-11-13-18(22)14-12-17)20(16(5)24-8-3)21(23)15(4)7-2;1-12-8-9-15(19-12)10-21-11-16-13(2)18-20-17(16)14-6-4-3-5-7-14;1-2/h8,10-14H,6-7,9,22-23H2,1-5H3;3-7,12,15H,8-11H2,1-2H3;2H,1H3/b19-10-,20-16-,21-15-,24-8?;;. The number of anilines is 1. The molecule has 0 radical (unpaired) electrons. The molecule has 2 heterocycles. The third-order valence-electron chi connectivity index (χ3n) is 7.96. The molecule has 1 fully saturated rings. The Morgan fingerprint density at radius 1 is 1.06 bits per heavy atom. The van der Waals surface area contributed by atoms with Crippen LogP contribution in [-0.4, -0.2) is 41.5 Å². The Labute approximate surface area is 287 Å². The summed E-state index contributed by atoms with van der Waals surface area (Å²) in [5.74, 6) is 2.87. The fraction of sp³-hybridized carbons (Fsp3) is 0.436. The number of hydrogen-bond donors (Lipinski definition) is 3. The third-order valence-corrected chi connectivity index (χ3v) is 9.06. The molecule has 3 aromatic rings. The van der Waals surface area contributed by atoms with Gasteiger partial charge in [-0.25, -0.2) is 0 Å². The zero-order chi connectivity index (χ0) is 34.8. The van der Waals surface area contributed by atoms with Gasteiger partial charge in [-0.2, -0.15) is 11.8 Å². The second-order valence-electron chi connectivity index (χ2n) is 11.5. The molecule has 0 amide bonds. The number of aromatic nitrogens is 1. The maximum absolute atomic E-state index is 7.00. The van der Waals surface area contributed by atoms with Crippen LogP contribution in [0.2, 0.25) is 0 Å². The highest BCUT2D eigenvalue weighted by Gasteiger charge is 2.22. The summed E-state index contributed by atoms with van der Waals surface area (Å²) in [7, 11) is 1.00. The number of allylic oxidation sites excluding steroid dienone is 4. The molecule has 2 atom stereocenters. The summed E-state index contributed by atoms with van der Waals surface area (Å²) in [6, 6.07) is 18.2. The lowest BCUT2D eigenvalue weighted by Crippen LogP contribution is -2.11. The molecule has 2 aromatic carbocycles. The summed E-state index contributed by atoms with van der Waals surface area (Å²) in [4.78, 5) is 4.51. The number of aliphatic hydroxyl groups is 1. The Kier molecular flexibility index (Phi) is 18.0. The first kappa shape index (κ1) is 39.6. The number of aliphatic imine (C=N–C) groups is 1. The maximum atomic E-state index is 7.00. The van der Waals surface area contributed by atoms with Crippen molar-refractivity contribution in [1.29, 1.82) is 0 Å². The minimum atomic E-state index is 0.408. The van der Waals surface area contributed by atoms with E-state index in [0.717, 1.165) is 88.7 Å². The molecule has 1 aliphatic rings. The number of ether oxygens (including phenoxy) is 1. The minimum Gasteiger partial charge on any atom is -0.400 e. The lowest BCUT2D eigenvalue weighted by Gasteiger charge is -2.18. The van der Waals surface area contributed by atoms with Crippen LogP contribution >= 0.6 is 11.8 Å². The highest BCUT2D eigenvalue weighted by atomic mass is 32.2. The van der Waals surface area contributed by atoms with Crippen LogP contribution in [-0.2, 0) is 10.5 Å². The fourth-order valence-corrected chi connectivity index (χ4v) is 6.36. The van der Waals surface area contributed by atoms with Gasteiger partial charge in [0, 0.05) is 58.6 Å². The third kappa shape index (κ3) is 12.2. The topological polar surface area (TPSA) is 120 Å². The molecule has 0 spiro atoms. The van der Waals surface area contributed by atoms with E-state index in [4.69, 9.17) is 25.8 Å². The van der Waals surface area contributed by atoms with Crippen LogP contribution < -0.4 is 11.5 Å². The van der Waals surface area contributed by atoms with Gasteiger partial charge in [-0.1, -0.05) is 74.0 Å². The number of nitrogens with zero attached hydrogens (tertiary/aromatic N) is 2. The molecule has 4 rings (SSSR count). The van der Waals surface area contributed by atoms with Gasteiger partial charge in [0.2, 0.25) is 0 Å². The lowest BCUT2D eigenvalue weighted by atomic mass is 9.90. The summed E-state index contributed by atoms with van der Waals surface area (Å²) < 4.78 is 11.4. The molecule has 47 heavy (non-hydrogen) atoms. The quantitative estimate of drug-likeness (QED) is 0.101. The van der Waals surface area contributed by atoms with E-state index in [2.05, 4.69) is 56.1 Å². The molecule has 1 saturated heterocycles. The second-order valence-corrected chi connectivity index (χ2v) is 12.6. The van der Waals surface area contributed by atoms with Gasteiger partial charge in [-0.15, -0.1) is 0 Å². The number of thioether (sulfide) groups is 1. The van der Waals surface area contributed by atoms with Gasteiger partial charge in [0.1, 0.15) is 0 Å². The lowest BCUT2D eigenvalue weighted by molar-refractivity contribution is 0.0700. The summed E-state index contributed by atoms with van der Waals surface area (Å²) in [6.07, 6.45) is 10.3. The van der Waals surface area contributed by atoms with Crippen molar-refractivity contribution in [1.82, 2.24) is 5.16 Å². The van der Waals surface area contributed by atoms with E-state index in [9.17, 15) is 0 Å². The number of nitrogen functional groups attached to an aromatic ring is 1. The van der Waals surface area contributed by atoms with Crippen molar-refractivity contribution in [3.05, 3.63) is 100 Å². The molecular weight excluding hydrogens is 605 g/mol. The summed E-state index contributed by atoms with van der Waals surface area (Å²) >= 11 is 1.91. The SMILES string of the molecule is CC=N/C(C)=C(C(=C\CCC)/c1ccc(N)cc1)\C(N)=C(/C)CC.CO.Cc1noc(-c2ccccc2)c1CSCC1CCC(C)O1. The van der Waals surface area contributed by atoms with Gasteiger partial charge in [0.05, 0.1) is 17.9 Å². The predicted molar refractivity (Wildman–Crippen MR) is 202 cm³/mol.